The molecule has 0 aromatic heterocycles. The van der Waals surface area contributed by atoms with Gasteiger partial charge in [0.2, 0.25) is 0 Å². The van der Waals surface area contributed by atoms with Crippen LogP contribution in [0, 0.1) is 0 Å². The van der Waals surface area contributed by atoms with E-state index in [0.717, 1.165) is 51.4 Å². The fourth-order valence-corrected chi connectivity index (χ4v) is 3.24. The van der Waals surface area contributed by atoms with Gasteiger partial charge in [0.05, 0.1) is 19.3 Å². The Hall–Kier alpha value is -1.54. The Morgan fingerprint density at radius 1 is 1.28 bits per heavy atom. The van der Waals surface area contributed by atoms with E-state index in [1.165, 1.54) is 7.11 Å². The van der Waals surface area contributed by atoms with Gasteiger partial charge in [-0.1, -0.05) is 0 Å². The molecule has 0 spiro atoms. The first-order valence-corrected chi connectivity index (χ1v) is 9.13. The molecule has 0 unspecified atom stereocenters. The molecular formula is C17H32N4O4. The van der Waals surface area contributed by atoms with Gasteiger partial charge in [-0.2, -0.15) is 0 Å². The highest BCUT2D eigenvalue weighted by atomic mass is 16.5. The van der Waals surface area contributed by atoms with Crippen LogP contribution in [-0.2, 0) is 14.2 Å². The van der Waals surface area contributed by atoms with Gasteiger partial charge in [0.25, 0.3) is 0 Å². The lowest BCUT2D eigenvalue weighted by molar-refractivity contribution is -0.0829. The van der Waals surface area contributed by atoms with E-state index in [0.29, 0.717) is 25.7 Å². The number of nitrogens with one attached hydrogen (secondary N) is 2. The maximum absolute atomic E-state index is 11.6. The number of carbonyl (C=O) groups is 1. The van der Waals surface area contributed by atoms with Crippen molar-refractivity contribution in [2.24, 2.45) is 4.99 Å². The second kappa shape index (κ2) is 9.82. The van der Waals surface area contributed by atoms with Crippen molar-refractivity contribution < 1.29 is 19.0 Å². The van der Waals surface area contributed by atoms with Crippen LogP contribution in [0.25, 0.3) is 0 Å². The molecule has 0 radical (unpaired) electrons. The number of hydrogen-bond donors (Lipinski definition) is 2. The van der Waals surface area contributed by atoms with Gasteiger partial charge < -0.3 is 29.7 Å². The second-order valence-electron chi connectivity index (χ2n) is 6.57. The summed E-state index contributed by atoms with van der Waals surface area (Å²) < 4.78 is 16.0. The Morgan fingerprint density at radius 3 is 2.52 bits per heavy atom. The van der Waals surface area contributed by atoms with E-state index in [1.807, 2.05) is 0 Å². The molecule has 2 fully saturated rings. The molecule has 144 valence electrons. The van der Waals surface area contributed by atoms with Crippen molar-refractivity contribution in [2.45, 2.75) is 44.2 Å². The summed E-state index contributed by atoms with van der Waals surface area (Å²) in [4.78, 5) is 18.1. The molecular weight excluding hydrogens is 324 g/mol. The quantitative estimate of drug-likeness (QED) is 0.564. The average Bonchev–Trinajstić information content (AvgIpc) is 2.67. The number of rotatable bonds is 5. The third kappa shape index (κ3) is 5.74. The molecule has 0 saturated carbocycles. The van der Waals surface area contributed by atoms with E-state index in [9.17, 15) is 4.79 Å². The van der Waals surface area contributed by atoms with Gasteiger partial charge in [0.15, 0.2) is 5.96 Å². The summed E-state index contributed by atoms with van der Waals surface area (Å²) in [5.74, 6) is 0.807. The highest BCUT2D eigenvalue weighted by molar-refractivity contribution is 5.80. The predicted molar refractivity (Wildman–Crippen MR) is 95.9 cm³/mol. The van der Waals surface area contributed by atoms with E-state index < -0.39 is 0 Å². The van der Waals surface area contributed by atoms with Crippen molar-refractivity contribution in [3.8, 4) is 0 Å². The fraction of sp³-hybridized carbons (Fsp3) is 0.882. The minimum Gasteiger partial charge on any atom is -0.453 e. The SMILES string of the molecule is CCNC(=NCC1(OC)CCOCC1)NC1CCN(C(=O)OC)CC1. The minimum atomic E-state index is -0.249. The summed E-state index contributed by atoms with van der Waals surface area (Å²) in [6.45, 7) is 6.31. The van der Waals surface area contributed by atoms with Crippen LogP contribution in [-0.4, -0.2) is 82.2 Å². The smallest absolute Gasteiger partial charge is 0.409 e. The predicted octanol–water partition coefficient (Wildman–Crippen LogP) is 0.968. The zero-order chi connectivity index (χ0) is 18.1. The first-order chi connectivity index (χ1) is 12.1. The van der Waals surface area contributed by atoms with Crippen molar-refractivity contribution in [3.63, 3.8) is 0 Å². The molecule has 25 heavy (non-hydrogen) atoms. The number of ether oxygens (including phenoxy) is 3. The molecule has 2 saturated heterocycles. The Morgan fingerprint density at radius 2 is 1.96 bits per heavy atom. The minimum absolute atomic E-state index is 0.227. The van der Waals surface area contributed by atoms with E-state index in [-0.39, 0.29) is 11.7 Å². The van der Waals surface area contributed by atoms with Crippen LogP contribution in [0.15, 0.2) is 4.99 Å². The van der Waals surface area contributed by atoms with E-state index >= 15 is 0 Å². The highest BCUT2D eigenvalue weighted by Crippen LogP contribution is 2.24. The topological polar surface area (TPSA) is 84.4 Å². The van der Waals surface area contributed by atoms with Crippen LogP contribution in [0.3, 0.4) is 0 Å². The number of nitrogens with zero attached hydrogens (tertiary/aromatic N) is 2. The molecule has 1 amide bonds. The number of guanidine groups is 1. The first kappa shape index (κ1) is 19.8. The lowest BCUT2D eigenvalue weighted by Gasteiger charge is -2.35. The summed E-state index contributed by atoms with van der Waals surface area (Å²) in [5, 5.41) is 6.79. The molecule has 2 aliphatic heterocycles. The van der Waals surface area contributed by atoms with Gasteiger partial charge in [-0.15, -0.1) is 0 Å². The second-order valence-corrected chi connectivity index (χ2v) is 6.57. The van der Waals surface area contributed by atoms with Gasteiger partial charge >= 0.3 is 6.09 Å². The van der Waals surface area contributed by atoms with Crippen LogP contribution in [0.1, 0.15) is 32.6 Å². The Kier molecular flexibility index (Phi) is 7.77. The maximum atomic E-state index is 11.6. The van der Waals surface area contributed by atoms with Crippen molar-refractivity contribution >= 4 is 12.1 Å². The van der Waals surface area contributed by atoms with Crippen LogP contribution >= 0.6 is 0 Å². The normalized spacial score (nSPS) is 21.7. The van der Waals surface area contributed by atoms with Crippen molar-refractivity contribution in [1.29, 1.82) is 0 Å². The molecule has 0 aliphatic carbocycles. The Balaban J connectivity index is 1.88. The maximum Gasteiger partial charge on any atom is 0.409 e. The number of likely N-dealkylation sites (tertiary alicyclic amines) is 1. The summed E-state index contributed by atoms with van der Waals surface area (Å²) in [7, 11) is 3.17. The molecule has 8 nitrogen and oxygen atoms in total. The molecule has 0 atom stereocenters. The molecule has 0 aromatic rings. The number of aliphatic imine (C=N–C) groups is 1. The lowest BCUT2D eigenvalue weighted by atomic mass is 9.94. The van der Waals surface area contributed by atoms with Crippen LogP contribution in [0.5, 0.6) is 0 Å². The first-order valence-electron chi connectivity index (χ1n) is 9.13. The number of methoxy groups -OCH3 is 2. The van der Waals surface area contributed by atoms with Crippen molar-refractivity contribution in [1.82, 2.24) is 15.5 Å². The lowest BCUT2D eigenvalue weighted by Crippen LogP contribution is -2.50. The van der Waals surface area contributed by atoms with Crippen LogP contribution in [0.4, 0.5) is 4.79 Å². The van der Waals surface area contributed by atoms with Crippen molar-refractivity contribution in [2.75, 3.05) is 53.6 Å². The number of piperidine rings is 1. The fourth-order valence-electron chi connectivity index (χ4n) is 3.24. The summed E-state index contributed by atoms with van der Waals surface area (Å²) >= 11 is 0. The largest absolute Gasteiger partial charge is 0.453 e. The number of hydrogen-bond acceptors (Lipinski definition) is 5. The Labute approximate surface area is 150 Å². The third-order valence-corrected chi connectivity index (χ3v) is 4.98. The van der Waals surface area contributed by atoms with Crippen LogP contribution in [0.2, 0.25) is 0 Å². The number of carbonyl (C=O) groups excluding carboxylic acids is 1. The zero-order valence-electron chi connectivity index (χ0n) is 15.7. The molecule has 2 rings (SSSR count). The summed E-state index contributed by atoms with van der Waals surface area (Å²) in [5.41, 5.74) is -0.227. The molecule has 0 bridgehead atoms. The monoisotopic (exact) mass is 356 g/mol. The molecule has 2 heterocycles. The van der Waals surface area contributed by atoms with E-state index in [1.54, 1.807) is 12.0 Å². The highest BCUT2D eigenvalue weighted by Gasteiger charge is 2.32. The molecule has 2 aliphatic rings. The van der Waals surface area contributed by atoms with E-state index in [4.69, 9.17) is 19.2 Å². The van der Waals surface area contributed by atoms with Crippen molar-refractivity contribution in [3.05, 3.63) is 0 Å². The standard InChI is InChI=1S/C17H32N4O4/c1-4-18-15(19-13-17(24-3)7-11-25-12-8-17)20-14-5-9-21(10-6-14)16(22)23-2/h14H,4-13H2,1-3H3,(H2,18,19,20). The summed E-state index contributed by atoms with van der Waals surface area (Å²) in [6.07, 6.45) is 3.24. The average molecular weight is 356 g/mol. The molecule has 0 aromatic carbocycles. The van der Waals surface area contributed by atoms with E-state index in [2.05, 4.69) is 17.6 Å². The zero-order valence-corrected chi connectivity index (χ0v) is 15.7. The summed E-state index contributed by atoms with van der Waals surface area (Å²) in [6, 6.07) is 0.298. The van der Waals surface area contributed by atoms with Gasteiger partial charge in [0, 0.05) is 58.8 Å². The van der Waals surface area contributed by atoms with Gasteiger partial charge in [0.1, 0.15) is 0 Å². The molecule has 8 heteroatoms. The van der Waals surface area contributed by atoms with Crippen LogP contribution < -0.4 is 10.6 Å². The third-order valence-electron chi connectivity index (χ3n) is 4.98. The molecule has 2 N–H and O–H groups in total. The van der Waals surface area contributed by atoms with Gasteiger partial charge in [-0.3, -0.25) is 4.99 Å². The Bertz CT molecular complexity index is 444. The van der Waals surface area contributed by atoms with Gasteiger partial charge in [-0.05, 0) is 19.8 Å². The number of amides is 1. The van der Waals surface area contributed by atoms with Gasteiger partial charge in [-0.25, -0.2) is 4.79 Å².